The molecule has 0 bridgehead atoms. The minimum Gasteiger partial charge on any atom is -0.290 e. The third-order valence-corrected chi connectivity index (χ3v) is 3.59. The molecule has 2 atom stereocenters. The average Bonchev–Trinajstić information content (AvgIpc) is 3.00. The predicted octanol–water partition coefficient (Wildman–Crippen LogP) is 3.12. The molecule has 0 saturated carbocycles. The Hall–Kier alpha value is -2.04. The SMILES string of the molecule is CC(C)C(=O)c1nc2n(n1)[C@@H](c1ccccc1)C[C@H]2F. The Morgan fingerprint density at radius 1 is 1.35 bits per heavy atom. The van der Waals surface area contributed by atoms with E-state index in [1.54, 1.807) is 18.5 Å². The minimum atomic E-state index is -1.17. The Morgan fingerprint density at radius 2 is 2.05 bits per heavy atom. The second kappa shape index (κ2) is 4.81. The number of halogens is 1. The Balaban J connectivity index is 2.00. The maximum Gasteiger partial charge on any atom is 0.217 e. The third kappa shape index (κ3) is 2.03. The maximum atomic E-state index is 14.1. The van der Waals surface area contributed by atoms with Crippen LogP contribution in [0, 0.1) is 5.92 Å². The Morgan fingerprint density at radius 3 is 2.70 bits per heavy atom. The van der Waals surface area contributed by atoms with Gasteiger partial charge in [-0.25, -0.2) is 14.1 Å². The van der Waals surface area contributed by atoms with Crippen LogP contribution in [0.3, 0.4) is 0 Å². The lowest BCUT2D eigenvalue weighted by Gasteiger charge is -2.11. The molecule has 2 heterocycles. The molecule has 0 radical (unpaired) electrons. The number of ketones is 1. The van der Waals surface area contributed by atoms with Gasteiger partial charge in [-0.1, -0.05) is 44.2 Å². The monoisotopic (exact) mass is 273 g/mol. The van der Waals surface area contributed by atoms with Crippen molar-refractivity contribution in [2.45, 2.75) is 32.5 Å². The first kappa shape index (κ1) is 13.0. The summed E-state index contributed by atoms with van der Waals surface area (Å²) in [4.78, 5) is 16.0. The average molecular weight is 273 g/mol. The van der Waals surface area contributed by atoms with E-state index < -0.39 is 6.17 Å². The molecule has 1 aromatic carbocycles. The number of carbonyl (C=O) groups excluding carboxylic acids is 1. The first-order chi connectivity index (χ1) is 9.58. The molecule has 0 N–H and O–H groups in total. The van der Waals surface area contributed by atoms with Crippen LogP contribution in [-0.2, 0) is 0 Å². The summed E-state index contributed by atoms with van der Waals surface area (Å²) in [5, 5.41) is 4.24. The number of hydrogen-bond acceptors (Lipinski definition) is 3. The van der Waals surface area contributed by atoms with Crippen LogP contribution >= 0.6 is 0 Å². The molecule has 1 aliphatic rings. The minimum absolute atomic E-state index is 0.123. The van der Waals surface area contributed by atoms with Gasteiger partial charge in [-0.3, -0.25) is 4.79 Å². The lowest BCUT2D eigenvalue weighted by molar-refractivity contribution is 0.0928. The lowest BCUT2D eigenvalue weighted by Crippen LogP contribution is -2.12. The van der Waals surface area contributed by atoms with E-state index in [9.17, 15) is 9.18 Å². The van der Waals surface area contributed by atoms with Gasteiger partial charge in [0.15, 0.2) is 12.0 Å². The normalized spacial score (nSPS) is 21.2. The topological polar surface area (TPSA) is 47.8 Å². The van der Waals surface area contributed by atoms with Crippen molar-refractivity contribution in [2.75, 3.05) is 0 Å². The van der Waals surface area contributed by atoms with Crippen molar-refractivity contribution in [1.82, 2.24) is 14.8 Å². The van der Waals surface area contributed by atoms with Crippen molar-refractivity contribution < 1.29 is 9.18 Å². The molecule has 4 nitrogen and oxygen atoms in total. The Labute approximate surface area is 116 Å². The predicted molar refractivity (Wildman–Crippen MR) is 72.2 cm³/mol. The zero-order valence-corrected chi connectivity index (χ0v) is 11.5. The largest absolute Gasteiger partial charge is 0.290 e. The number of hydrogen-bond donors (Lipinski definition) is 0. The molecule has 0 spiro atoms. The molecule has 0 amide bonds. The van der Waals surface area contributed by atoms with Gasteiger partial charge < -0.3 is 0 Å². The van der Waals surface area contributed by atoms with Crippen LogP contribution in [-0.4, -0.2) is 20.5 Å². The summed E-state index contributed by atoms with van der Waals surface area (Å²) >= 11 is 0. The van der Waals surface area contributed by atoms with Crippen LogP contribution < -0.4 is 0 Å². The van der Waals surface area contributed by atoms with Gasteiger partial charge in [0.25, 0.3) is 0 Å². The quantitative estimate of drug-likeness (QED) is 0.807. The summed E-state index contributed by atoms with van der Waals surface area (Å²) in [6, 6.07) is 9.45. The van der Waals surface area contributed by atoms with Crippen molar-refractivity contribution in [3.8, 4) is 0 Å². The van der Waals surface area contributed by atoms with Crippen LogP contribution in [0.1, 0.15) is 54.5 Å². The second-order valence-electron chi connectivity index (χ2n) is 5.39. The van der Waals surface area contributed by atoms with Crippen LogP contribution in [0.5, 0.6) is 0 Å². The molecular weight excluding hydrogens is 257 g/mol. The van der Waals surface area contributed by atoms with Crippen LogP contribution in [0.25, 0.3) is 0 Å². The standard InChI is InChI=1S/C15H16FN3O/c1-9(2)13(20)14-17-15-11(16)8-12(19(15)18-14)10-6-4-3-5-7-10/h3-7,9,11-12H,8H2,1-2H3/t11-,12-/m1/s1. The van der Waals surface area contributed by atoms with Gasteiger partial charge in [0.1, 0.15) is 0 Å². The molecule has 1 aromatic heterocycles. The van der Waals surface area contributed by atoms with Gasteiger partial charge in [-0.2, -0.15) is 0 Å². The number of nitrogens with zero attached hydrogens (tertiary/aromatic N) is 3. The molecule has 0 aliphatic carbocycles. The highest BCUT2D eigenvalue weighted by molar-refractivity contribution is 5.93. The fourth-order valence-corrected chi connectivity index (χ4v) is 2.49. The number of rotatable bonds is 3. The zero-order valence-electron chi connectivity index (χ0n) is 11.5. The van der Waals surface area contributed by atoms with E-state index in [1.165, 1.54) is 0 Å². The van der Waals surface area contributed by atoms with E-state index in [-0.39, 0.29) is 29.4 Å². The lowest BCUT2D eigenvalue weighted by atomic mass is 10.0. The van der Waals surface area contributed by atoms with E-state index in [4.69, 9.17) is 0 Å². The summed E-state index contributed by atoms with van der Waals surface area (Å²) in [6.45, 7) is 3.58. The van der Waals surface area contributed by atoms with Gasteiger partial charge in [0, 0.05) is 12.3 Å². The summed E-state index contributed by atoms with van der Waals surface area (Å²) in [6.07, 6.45) is -0.836. The molecule has 1 aliphatic heterocycles. The van der Waals surface area contributed by atoms with E-state index in [1.807, 2.05) is 30.3 Å². The van der Waals surface area contributed by atoms with Crippen molar-refractivity contribution >= 4 is 5.78 Å². The fourth-order valence-electron chi connectivity index (χ4n) is 2.49. The molecule has 3 rings (SSSR count). The van der Waals surface area contributed by atoms with Gasteiger partial charge in [0.2, 0.25) is 11.6 Å². The summed E-state index contributed by atoms with van der Waals surface area (Å²) in [5.74, 6) is 0.0541. The van der Waals surface area contributed by atoms with E-state index in [0.717, 1.165) is 5.56 Å². The van der Waals surface area contributed by atoms with Gasteiger partial charge >= 0.3 is 0 Å². The summed E-state index contributed by atoms with van der Waals surface area (Å²) < 4.78 is 15.7. The molecule has 20 heavy (non-hydrogen) atoms. The van der Waals surface area contributed by atoms with Crippen molar-refractivity contribution in [1.29, 1.82) is 0 Å². The maximum absolute atomic E-state index is 14.1. The first-order valence-electron chi connectivity index (χ1n) is 6.77. The Kier molecular flexibility index (Phi) is 3.12. The molecule has 0 unspecified atom stereocenters. The molecule has 5 heteroatoms. The van der Waals surface area contributed by atoms with Gasteiger partial charge in [0.05, 0.1) is 6.04 Å². The van der Waals surface area contributed by atoms with Gasteiger partial charge in [-0.05, 0) is 5.56 Å². The fraction of sp³-hybridized carbons (Fsp3) is 0.400. The molecule has 0 fully saturated rings. The van der Waals surface area contributed by atoms with Crippen molar-refractivity contribution in [3.63, 3.8) is 0 Å². The number of alkyl halides is 1. The molecule has 2 aromatic rings. The number of Topliss-reactive ketones (excluding diaryl/α,β-unsaturated/α-hetero) is 1. The highest BCUT2D eigenvalue weighted by Crippen LogP contribution is 2.39. The second-order valence-corrected chi connectivity index (χ2v) is 5.39. The van der Waals surface area contributed by atoms with Crippen LogP contribution in [0.15, 0.2) is 30.3 Å². The zero-order chi connectivity index (χ0) is 14.3. The molecule has 104 valence electrons. The number of fused-ring (bicyclic) bond motifs is 1. The highest BCUT2D eigenvalue weighted by atomic mass is 19.1. The van der Waals surface area contributed by atoms with Crippen molar-refractivity contribution in [3.05, 3.63) is 47.5 Å². The van der Waals surface area contributed by atoms with E-state index in [0.29, 0.717) is 6.42 Å². The number of carbonyl (C=O) groups is 1. The number of aromatic nitrogens is 3. The smallest absolute Gasteiger partial charge is 0.217 e. The van der Waals surface area contributed by atoms with Crippen molar-refractivity contribution in [2.24, 2.45) is 5.92 Å². The van der Waals surface area contributed by atoms with Crippen LogP contribution in [0.4, 0.5) is 4.39 Å². The third-order valence-electron chi connectivity index (χ3n) is 3.59. The highest BCUT2D eigenvalue weighted by Gasteiger charge is 2.36. The molecular formula is C15H16FN3O. The molecule has 0 saturated heterocycles. The Bertz CT molecular complexity index is 636. The van der Waals surface area contributed by atoms with E-state index >= 15 is 0 Å². The summed E-state index contributed by atoms with van der Waals surface area (Å²) in [5.41, 5.74) is 0.988. The van der Waals surface area contributed by atoms with Crippen LogP contribution in [0.2, 0.25) is 0 Å². The first-order valence-corrected chi connectivity index (χ1v) is 6.77. The van der Waals surface area contributed by atoms with E-state index in [2.05, 4.69) is 10.1 Å². The number of benzene rings is 1. The summed E-state index contributed by atoms with van der Waals surface area (Å²) in [7, 11) is 0. The van der Waals surface area contributed by atoms with Gasteiger partial charge in [-0.15, -0.1) is 5.10 Å².